The van der Waals surface area contributed by atoms with E-state index in [4.69, 9.17) is 22.9 Å². The SMILES string of the molecule is NCCN.NCCN.[H-].[Na+]. The minimum atomic E-state index is 0. The molecule has 0 aliphatic heterocycles. The van der Waals surface area contributed by atoms with Crippen LogP contribution in [0.4, 0.5) is 0 Å². The van der Waals surface area contributed by atoms with Gasteiger partial charge in [0.15, 0.2) is 0 Å². The van der Waals surface area contributed by atoms with Crippen molar-refractivity contribution in [1.82, 2.24) is 0 Å². The molecule has 0 atom stereocenters. The Labute approximate surface area is 80.1 Å². The number of nitrogens with two attached hydrogens (primary N) is 4. The minimum absolute atomic E-state index is 0. The van der Waals surface area contributed by atoms with Crippen LogP contribution in [0.1, 0.15) is 1.43 Å². The Balaban J connectivity index is -0.0000000300. The summed E-state index contributed by atoms with van der Waals surface area (Å²) in [6.45, 7) is 2.39. The van der Waals surface area contributed by atoms with Crippen LogP contribution in [0.3, 0.4) is 0 Å². The summed E-state index contributed by atoms with van der Waals surface area (Å²) in [5.74, 6) is 0. The maximum atomic E-state index is 4.90. The van der Waals surface area contributed by atoms with Gasteiger partial charge in [0, 0.05) is 26.2 Å². The number of hydrogen-bond acceptors (Lipinski definition) is 4. The maximum absolute atomic E-state index is 4.90. The maximum Gasteiger partial charge on any atom is 1.00 e. The molecule has 0 heterocycles. The molecule has 0 saturated heterocycles. The predicted molar refractivity (Wildman–Crippen MR) is 37.3 cm³/mol. The zero-order chi connectivity index (χ0) is 6.83. The molecule has 0 bridgehead atoms. The second-order valence-corrected chi connectivity index (χ2v) is 1.15. The molecule has 8 N–H and O–H groups in total. The van der Waals surface area contributed by atoms with Gasteiger partial charge in [-0.05, 0) is 0 Å². The molecule has 0 aromatic carbocycles. The standard InChI is InChI=1S/2C2H8N2.Na.H/c2*3-1-2-4;;/h2*1-4H2;;/q;;+1;-1. The van der Waals surface area contributed by atoms with Crippen LogP contribution in [0, 0.1) is 0 Å². The summed E-state index contributed by atoms with van der Waals surface area (Å²) < 4.78 is 0. The normalized spacial score (nSPS) is 6.67. The molecule has 0 fully saturated rings. The Morgan fingerprint density at radius 2 is 0.778 bits per heavy atom. The first-order chi connectivity index (χ1) is 3.83. The Kier molecular flexibility index (Phi) is 42.4. The van der Waals surface area contributed by atoms with Gasteiger partial charge in [0.05, 0.1) is 0 Å². The summed E-state index contributed by atoms with van der Waals surface area (Å²) in [6, 6.07) is 0. The van der Waals surface area contributed by atoms with Crippen molar-refractivity contribution in [2.75, 3.05) is 26.2 Å². The third-order valence-corrected chi connectivity index (χ3v) is 0.333. The van der Waals surface area contributed by atoms with Crippen molar-refractivity contribution in [2.24, 2.45) is 22.9 Å². The fourth-order valence-electron chi connectivity index (χ4n) is 0. The molecule has 0 rings (SSSR count). The van der Waals surface area contributed by atoms with Gasteiger partial charge in [0.2, 0.25) is 0 Å². The van der Waals surface area contributed by atoms with E-state index in [0.29, 0.717) is 26.2 Å². The molecule has 0 aliphatic rings. The molecular formula is C4H17N4Na. The molecule has 0 saturated carbocycles. The van der Waals surface area contributed by atoms with Crippen LogP contribution < -0.4 is 52.5 Å². The van der Waals surface area contributed by atoms with Crippen molar-refractivity contribution in [1.29, 1.82) is 0 Å². The number of hydrogen-bond donors (Lipinski definition) is 4. The summed E-state index contributed by atoms with van der Waals surface area (Å²) >= 11 is 0. The van der Waals surface area contributed by atoms with E-state index < -0.39 is 0 Å². The van der Waals surface area contributed by atoms with E-state index >= 15 is 0 Å². The van der Waals surface area contributed by atoms with Gasteiger partial charge in [-0.15, -0.1) is 0 Å². The zero-order valence-electron chi connectivity index (χ0n) is 7.14. The van der Waals surface area contributed by atoms with Gasteiger partial charge >= 0.3 is 29.6 Å². The van der Waals surface area contributed by atoms with E-state index in [9.17, 15) is 0 Å². The van der Waals surface area contributed by atoms with Gasteiger partial charge < -0.3 is 24.4 Å². The van der Waals surface area contributed by atoms with Gasteiger partial charge in [-0.2, -0.15) is 0 Å². The summed E-state index contributed by atoms with van der Waals surface area (Å²) in [6.07, 6.45) is 0. The van der Waals surface area contributed by atoms with Gasteiger partial charge in [0.1, 0.15) is 0 Å². The molecule has 0 aliphatic carbocycles. The average Bonchev–Trinajstić information content (AvgIpc) is 1.88. The zero-order valence-corrected chi connectivity index (χ0v) is 8.14. The molecular weight excluding hydrogens is 127 g/mol. The van der Waals surface area contributed by atoms with Gasteiger partial charge in [-0.3, -0.25) is 0 Å². The van der Waals surface area contributed by atoms with Crippen LogP contribution in [0.15, 0.2) is 0 Å². The van der Waals surface area contributed by atoms with Crippen LogP contribution >= 0.6 is 0 Å². The van der Waals surface area contributed by atoms with Crippen LogP contribution in [-0.2, 0) is 0 Å². The molecule has 0 amide bonds. The van der Waals surface area contributed by atoms with Crippen LogP contribution in [0.25, 0.3) is 0 Å². The average molecular weight is 144 g/mol. The Morgan fingerprint density at radius 3 is 0.778 bits per heavy atom. The van der Waals surface area contributed by atoms with E-state index in [1.165, 1.54) is 0 Å². The van der Waals surface area contributed by atoms with Crippen LogP contribution in [0.2, 0.25) is 0 Å². The summed E-state index contributed by atoms with van der Waals surface area (Å²) in [7, 11) is 0. The third-order valence-electron chi connectivity index (χ3n) is 0.333. The Morgan fingerprint density at radius 1 is 0.667 bits per heavy atom. The predicted octanol–water partition coefficient (Wildman–Crippen LogP) is -5.08. The van der Waals surface area contributed by atoms with Crippen molar-refractivity contribution in [3.8, 4) is 0 Å². The Bertz CT molecular complexity index is 25.2. The van der Waals surface area contributed by atoms with Gasteiger partial charge in [0.25, 0.3) is 0 Å². The fraction of sp³-hybridized carbons (Fsp3) is 1.00. The van der Waals surface area contributed by atoms with Crippen molar-refractivity contribution < 1.29 is 31.0 Å². The van der Waals surface area contributed by atoms with E-state index in [-0.39, 0.29) is 31.0 Å². The topological polar surface area (TPSA) is 104 Å². The van der Waals surface area contributed by atoms with E-state index in [0.717, 1.165) is 0 Å². The third kappa shape index (κ3) is 51.3. The first-order valence-corrected chi connectivity index (χ1v) is 2.63. The van der Waals surface area contributed by atoms with E-state index in [2.05, 4.69) is 0 Å². The molecule has 4 nitrogen and oxygen atoms in total. The van der Waals surface area contributed by atoms with Crippen molar-refractivity contribution in [2.45, 2.75) is 0 Å². The fourth-order valence-corrected chi connectivity index (χ4v) is 0. The van der Waals surface area contributed by atoms with Crippen molar-refractivity contribution in [3.63, 3.8) is 0 Å². The first-order valence-electron chi connectivity index (χ1n) is 2.63. The van der Waals surface area contributed by atoms with Crippen LogP contribution in [0.5, 0.6) is 0 Å². The summed E-state index contributed by atoms with van der Waals surface area (Å²) in [5.41, 5.74) is 19.6. The monoisotopic (exact) mass is 144 g/mol. The molecule has 0 radical (unpaired) electrons. The van der Waals surface area contributed by atoms with Crippen molar-refractivity contribution in [3.05, 3.63) is 0 Å². The molecule has 0 aromatic rings. The molecule has 5 heteroatoms. The van der Waals surface area contributed by atoms with E-state index in [1.807, 2.05) is 0 Å². The largest absolute Gasteiger partial charge is 1.00 e. The molecule has 0 unspecified atom stereocenters. The van der Waals surface area contributed by atoms with E-state index in [1.54, 1.807) is 0 Å². The second-order valence-electron chi connectivity index (χ2n) is 1.15. The summed E-state index contributed by atoms with van der Waals surface area (Å²) in [4.78, 5) is 0. The minimum Gasteiger partial charge on any atom is -1.00 e. The smallest absolute Gasteiger partial charge is 1.00 e. The Hall–Kier alpha value is 0.840. The van der Waals surface area contributed by atoms with Crippen molar-refractivity contribution >= 4 is 0 Å². The van der Waals surface area contributed by atoms with Gasteiger partial charge in [-0.1, -0.05) is 0 Å². The number of rotatable bonds is 2. The molecule has 0 aromatic heterocycles. The quantitative estimate of drug-likeness (QED) is 0.291. The second kappa shape index (κ2) is 23.2. The molecule has 0 spiro atoms. The first kappa shape index (κ1) is 16.4. The summed E-state index contributed by atoms with van der Waals surface area (Å²) in [5, 5.41) is 0. The van der Waals surface area contributed by atoms with Gasteiger partial charge in [-0.25, -0.2) is 0 Å². The van der Waals surface area contributed by atoms with Crippen LogP contribution in [-0.4, -0.2) is 26.2 Å². The molecule has 54 valence electrons. The molecule has 9 heavy (non-hydrogen) atoms.